The third-order valence-corrected chi connectivity index (χ3v) is 4.11. The number of carbonyl (C=O) groups is 1. The molecule has 1 aromatic carbocycles. The van der Waals surface area contributed by atoms with Gasteiger partial charge in [0.15, 0.2) is 0 Å². The number of aromatic nitrogens is 2. The SMILES string of the molecule is Cc1nnsc1C(=O)Nc1cc(S(N)(=O)=O)ccc1F. The molecule has 10 heteroatoms. The lowest BCUT2D eigenvalue weighted by Crippen LogP contribution is -2.15. The normalized spacial score (nSPS) is 11.3. The van der Waals surface area contributed by atoms with Gasteiger partial charge in [-0.25, -0.2) is 17.9 Å². The van der Waals surface area contributed by atoms with Gasteiger partial charge in [-0.1, -0.05) is 4.49 Å². The van der Waals surface area contributed by atoms with E-state index >= 15 is 0 Å². The summed E-state index contributed by atoms with van der Waals surface area (Å²) in [5.41, 5.74) is 0.116. The third-order valence-electron chi connectivity index (χ3n) is 2.37. The molecule has 3 N–H and O–H groups in total. The van der Waals surface area contributed by atoms with Crippen LogP contribution in [0.5, 0.6) is 0 Å². The van der Waals surface area contributed by atoms with Crippen LogP contribution in [0, 0.1) is 12.7 Å². The minimum absolute atomic E-state index is 0.213. The van der Waals surface area contributed by atoms with Crippen molar-refractivity contribution in [2.24, 2.45) is 5.14 Å². The van der Waals surface area contributed by atoms with E-state index in [2.05, 4.69) is 14.9 Å². The Labute approximate surface area is 117 Å². The van der Waals surface area contributed by atoms with E-state index < -0.39 is 21.7 Å². The molecule has 0 atom stereocenters. The van der Waals surface area contributed by atoms with E-state index in [1.165, 1.54) is 0 Å². The smallest absolute Gasteiger partial charge is 0.269 e. The molecule has 0 bridgehead atoms. The van der Waals surface area contributed by atoms with Crippen LogP contribution in [-0.4, -0.2) is 23.9 Å². The van der Waals surface area contributed by atoms with E-state index in [0.29, 0.717) is 5.69 Å². The number of halogens is 1. The lowest BCUT2D eigenvalue weighted by atomic mass is 10.3. The van der Waals surface area contributed by atoms with Crippen LogP contribution in [0.15, 0.2) is 23.1 Å². The number of hydrogen-bond acceptors (Lipinski definition) is 6. The summed E-state index contributed by atoms with van der Waals surface area (Å²) in [7, 11) is -3.98. The van der Waals surface area contributed by atoms with Crippen LogP contribution < -0.4 is 10.5 Å². The predicted molar refractivity (Wildman–Crippen MR) is 70.4 cm³/mol. The number of anilines is 1. The first kappa shape index (κ1) is 14.5. The summed E-state index contributed by atoms with van der Waals surface area (Å²) in [6.07, 6.45) is 0. The van der Waals surface area contributed by atoms with Gasteiger partial charge in [-0.15, -0.1) is 5.10 Å². The highest BCUT2D eigenvalue weighted by Crippen LogP contribution is 2.20. The highest BCUT2D eigenvalue weighted by atomic mass is 32.2. The van der Waals surface area contributed by atoms with Crippen LogP contribution in [0.3, 0.4) is 0 Å². The van der Waals surface area contributed by atoms with Crippen molar-refractivity contribution < 1.29 is 17.6 Å². The molecule has 0 unspecified atom stereocenters. The van der Waals surface area contributed by atoms with Crippen molar-refractivity contribution in [2.75, 3.05) is 5.32 Å². The Morgan fingerprint density at radius 2 is 2.15 bits per heavy atom. The number of nitrogens with two attached hydrogens (primary N) is 1. The zero-order chi connectivity index (χ0) is 14.9. The van der Waals surface area contributed by atoms with Crippen molar-refractivity contribution in [1.82, 2.24) is 9.59 Å². The second kappa shape index (κ2) is 5.23. The molecule has 0 saturated heterocycles. The molecule has 1 aromatic heterocycles. The van der Waals surface area contributed by atoms with E-state index in [1.54, 1.807) is 6.92 Å². The molecule has 2 aromatic rings. The van der Waals surface area contributed by atoms with Crippen LogP contribution in [0.2, 0.25) is 0 Å². The van der Waals surface area contributed by atoms with Crippen LogP contribution in [-0.2, 0) is 10.0 Å². The summed E-state index contributed by atoms with van der Waals surface area (Å²) in [6.45, 7) is 1.58. The molecule has 0 aliphatic heterocycles. The average Bonchev–Trinajstić information content (AvgIpc) is 2.77. The Morgan fingerprint density at radius 1 is 1.45 bits per heavy atom. The predicted octanol–water partition coefficient (Wildman–Crippen LogP) is 0.885. The monoisotopic (exact) mass is 316 g/mol. The molecular weight excluding hydrogens is 307 g/mol. The van der Waals surface area contributed by atoms with Gasteiger partial charge in [0.05, 0.1) is 16.3 Å². The minimum Gasteiger partial charge on any atom is -0.319 e. The van der Waals surface area contributed by atoms with Gasteiger partial charge in [0.1, 0.15) is 10.7 Å². The number of carbonyl (C=O) groups excluding carboxylic acids is 1. The molecule has 1 amide bonds. The maximum Gasteiger partial charge on any atom is 0.269 e. The molecule has 2 rings (SSSR count). The molecule has 7 nitrogen and oxygen atoms in total. The number of nitrogens with zero attached hydrogens (tertiary/aromatic N) is 2. The van der Waals surface area contributed by atoms with Gasteiger partial charge in [0, 0.05) is 0 Å². The van der Waals surface area contributed by atoms with Gasteiger partial charge in [-0.3, -0.25) is 4.79 Å². The number of hydrogen-bond donors (Lipinski definition) is 2. The van der Waals surface area contributed by atoms with Gasteiger partial charge in [0.25, 0.3) is 5.91 Å². The number of nitrogens with one attached hydrogen (secondary N) is 1. The fourth-order valence-electron chi connectivity index (χ4n) is 1.40. The van der Waals surface area contributed by atoms with E-state index in [1.807, 2.05) is 0 Å². The second-order valence-corrected chi connectivity index (χ2v) is 6.14. The number of benzene rings is 1. The van der Waals surface area contributed by atoms with Crippen LogP contribution >= 0.6 is 11.5 Å². The van der Waals surface area contributed by atoms with Crippen molar-refractivity contribution in [3.8, 4) is 0 Å². The van der Waals surface area contributed by atoms with Gasteiger partial charge < -0.3 is 5.32 Å². The molecule has 0 saturated carbocycles. The van der Waals surface area contributed by atoms with E-state index in [4.69, 9.17) is 5.14 Å². The second-order valence-electron chi connectivity index (χ2n) is 3.83. The molecule has 0 aliphatic rings. The van der Waals surface area contributed by atoms with Crippen molar-refractivity contribution in [3.63, 3.8) is 0 Å². The number of sulfonamides is 1. The molecule has 20 heavy (non-hydrogen) atoms. The highest BCUT2D eigenvalue weighted by Gasteiger charge is 2.17. The van der Waals surface area contributed by atoms with E-state index in [0.717, 1.165) is 29.7 Å². The van der Waals surface area contributed by atoms with E-state index in [-0.39, 0.29) is 15.5 Å². The lowest BCUT2D eigenvalue weighted by molar-refractivity contribution is 0.102. The molecule has 0 fully saturated rings. The number of aryl methyl sites for hydroxylation is 1. The molecular formula is C10H9FN4O3S2. The van der Waals surface area contributed by atoms with Crippen LogP contribution in [0.4, 0.5) is 10.1 Å². The maximum atomic E-state index is 13.6. The lowest BCUT2D eigenvalue weighted by Gasteiger charge is -2.07. The molecule has 106 valence electrons. The first-order valence-corrected chi connectivity index (χ1v) is 7.53. The van der Waals surface area contributed by atoms with Crippen LogP contribution in [0.25, 0.3) is 0 Å². The number of amides is 1. The number of primary sulfonamides is 1. The zero-order valence-electron chi connectivity index (χ0n) is 10.1. The molecule has 0 spiro atoms. The van der Waals surface area contributed by atoms with Crippen LogP contribution in [0.1, 0.15) is 15.4 Å². The fourth-order valence-corrected chi connectivity index (χ4v) is 2.49. The summed E-state index contributed by atoms with van der Waals surface area (Å²) < 4.78 is 39.5. The fraction of sp³-hybridized carbons (Fsp3) is 0.100. The summed E-state index contributed by atoms with van der Waals surface area (Å²) in [5.74, 6) is -1.40. The minimum atomic E-state index is -3.98. The molecule has 0 aliphatic carbocycles. The Hall–Kier alpha value is -1.91. The Morgan fingerprint density at radius 3 is 2.70 bits per heavy atom. The van der Waals surface area contributed by atoms with E-state index in [9.17, 15) is 17.6 Å². The molecule has 0 radical (unpaired) electrons. The maximum absolute atomic E-state index is 13.6. The number of rotatable bonds is 3. The van der Waals surface area contributed by atoms with Gasteiger partial charge in [-0.05, 0) is 36.7 Å². The zero-order valence-corrected chi connectivity index (χ0v) is 11.8. The summed E-state index contributed by atoms with van der Waals surface area (Å²) in [5, 5.41) is 10.9. The summed E-state index contributed by atoms with van der Waals surface area (Å²) in [4.78, 5) is 11.8. The Balaban J connectivity index is 2.34. The third kappa shape index (κ3) is 2.98. The highest BCUT2D eigenvalue weighted by molar-refractivity contribution is 7.89. The van der Waals surface area contributed by atoms with Gasteiger partial charge >= 0.3 is 0 Å². The topological polar surface area (TPSA) is 115 Å². The van der Waals surface area contributed by atoms with Gasteiger partial charge in [-0.2, -0.15) is 0 Å². The first-order chi connectivity index (χ1) is 9.29. The van der Waals surface area contributed by atoms with Crippen molar-refractivity contribution in [1.29, 1.82) is 0 Å². The summed E-state index contributed by atoms with van der Waals surface area (Å²) >= 11 is 0.854. The first-order valence-electron chi connectivity index (χ1n) is 5.21. The molecule has 1 heterocycles. The quantitative estimate of drug-likeness (QED) is 0.872. The van der Waals surface area contributed by atoms with Crippen molar-refractivity contribution in [3.05, 3.63) is 34.6 Å². The average molecular weight is 316 g/mol. The van der Waals surface area contributed by atoms with Gasteiger partial charge in [0.2, 0.25) is 10.0 Å². The van der Waals surface area contributed by atoms with Crippen molar-refractivity contribution >= 4 is 33.2 Å². The summed E-state index contributed by atoms with van der Waals surface area (Å²) in [6, 6.07) is 2.87. The Kier molecular flexibility index (Phi) is 3.79. The largest absolute Gasteiger partial charge is 0.319 e. The van der Waals surface area contributed by atoms with Crippen molar-refractivity contribution in [2.45, 2.75) is 11.8 Å². The standard InChI is InChI=1S/C10H9FN4O3S2/c1-5-9(19-15-14-5)10(16)13-8-4-6(20(12,17)18)2-3-7(8)11/h2-4H,1H3,(H,13,16)(H2,12,17,18). The Bertz CT molecular complexity index is 773.